The fraction of sp³-hybridized carbons (Fsp3) is 0.538. The highest BCUT2D eigenvalue weighted by Gasteiger charge is 2.21. The van der Waals surface area contributed by atoms with E-state index >= 15 is 0 Å². The Morgan fingerprint density at radius 1 is 1.62 bits per heavy atom. The third-order valence-corrected chi connectivity index (χ3v) is 2.77. The van der Waals surface area contributed by atoms with E-state index in [1.54, 1.807) is 6.26 Å². The van der Waals surface area contributed by atoms with Gasteiger partial charge in [-0.2, -0.15) is 0 Å². The molecule has 1 aliphatic rings. The maximum atomic E-state index is 5.48. The molecule has 1 heterocycles. The van der Waals surface area contributed by atoms with Crippen molar-refractivity contribution in [2.24, 2.45) is 0 Å². The number of hydrogen-bond donors (Lipinski definition) is 1. The molecule has 0 saturated heterocycles. The predicted octanol–water partition coefficient (Wildman–Crippen LogP) is 1.60. The summed E-state index contributed by atoms with van der Waals surface area (Å²) < 4.78 is 5.48. The Labute approximate surface area is 96.8 Å². The van der Waals surface area contributed by atoms with E-state index in [-0.39, 0.29) is 0 Å². The lowest BCUT2D eigenvalue weighted by atomic mass is 10.2. The van der Waals surface area contributed by atoms with Crippen molar-refractivity contribution < 1.29 is 4.42 Å². The fourth-order valence-electron chi connectivity index (χ4n) is 1.69. The summed E-state index contributed by atoms with van der Waals surface area (Å²) >= 11 is 0. The second kappa shape index (κ2) is 5.20. The molecule has 0 aliphatic heterocycles. The van der Waals surface area contributed by atoms with E-state index in [0.29, 0.717) is 12.6 Å². The fourth-order valence-corrected chi connectivity index (χ4v) is 1.69. The average molecular weight is 218 g/mol. The van der Waals surface area contributed by atoms with Gasteiger partial charge in [0, 0.05) is 18.2 Å². The summed E-state index contributed by atoms with van der Waals surface area (Å²) in [6.45, 7) is 2.35. The van der Waals surface area contributed by atoms with Crippen LogP contribution in [0.2, 0.25) is 0 Å². The van der Waals surface area contributed by atoms with Crippen LogP contribution in [0, 0.1) is 12.3 Å². The number of furan rings is 1. The zero-order valence-electron chi connectivity index (χ0n) is 9.70. The van der Waals surface area contributed by atoms with Gasteiger partial charge in [-0.1, -0.05) is 5.92 Å². The molecule has 86 valence electrons. The van der Waals surface area contributed by atoms with Gasteiger partial charge in [0.15, 0.2) is 0 Å². The van der Waals surface area contributed by atoms with Gasteiger partial charge >= 0.3 is 0 Å². The summed E-state index contributed by atoms with van der Waals surface area (Å²) in [6.07, 6.45) is 9.63. The second-order valence-electron chi connectivity index (χ2n) is 4.40. The Bertz CT molecular complexity index is 374. The van der Waals surface area contributed by atoms with E-state index in [1.165, 1.54) is 18.4 Å². The molecule has 0 aromatic carbocycles. The third-order valence-electron chi connectivity index (χ3n) is 2.77. The molecule has 1 aromatic heterocycles. The van der Waals surface area contributed by atoms with E-state index in [2.05, 4.69) is 16.1 Å². The first-order valence-electron chi connectivity index (χ1n) is 5.70. The van der Waals surface area contributed by atoms with Crippen LogP contribution in [0.5, 0.6) is 0 Å². The number of hydrogen-bond acceptors (Lipinski definition) is 3. The number of terminal acetylenes is 1. The first kappa shape index (κ1) is 11.3. The van der Waals surface area contributed by atoms with Gasteiger partial charge in [-0.25, -0.2) is 0 Å². The van der Waals surface area contributed by atoms with Gasteiger partial charge in [-0.3, -0.25) is 4.90 Å². The van der Waals surface area contributed by atoms with Crippen molar-refractivity contribution in [3.63, 3.8) is 0 Å². The molecule has 0 radical (unpaired) electrons. The average Bonchev–Trinajstić information content (AvgIpc) is 2.98. The van der Waals surface area contributed by atoms with Gasteiger partial charge in [0.1, 0.15) is 5.76 Å². The van der Waals surface area contributed by atoms with Crippen LogP contribution < -0.4 is 5.32 Å². The predicted molar refractivity (Wildman–Crippen MR) is 63.7 cm³/mol. The molecule has 16 heavy (non-hydrogen) atoms. The third kappa shape index (κ3) is 3.13. The van der Waals surface area contributed by atoms with Gasteiger partial charge in [0.2, 0.25) is 0 Å². The van der Waals surface area contributed by atoms with Crippen molar-refractivity contribution in [2.45, 2.75) is 32.0 Å². The molecule has 0 spiro atoms. The lowest BCUT2D eigenvalue weighted by molar-refractivity contribution is 0.361. The van der Waals surface area contributed by atoms with E-state index in [0.717, 1.165) is 18.8 Å². The van der Waals surface area contributed by atoms with Crippen LogP contribution in [0.3, 0.4) is 0 Å². The van der Waals surface area contributed by atoms with E-state index < -0.39 is 0 Å². The Kier molecular flexibility index (Phi) is 3.66. The zero-order valence-corrected chi connectivity index (χ0v) is 9.70. The Morgan fingerprint density at radius 2 is 2.44 bits per heavy atom. The molecule has 0 unspecified atom stereocenters. The molecule has 0 bridgehead atoms. The molecule has 1 aromatic rings. The molecule has 2 rings (SSSR count). The van der Waals surface area contributed by atoms with Crippen LogP contribution in [-0.2, 0) is 13.1 Å². The molecule has 0 atom stereocenters. The number of nitrogens with zero attached hydrogens (tertiary/aromatic N) is 1. The van der Waals surface area contributed by atoms with Crippen LogP contribution in [0.1, 0.15) is 24.2 Å². The zero-order chi connectivity index (χ0) is 11.4. The molecule has 0 amide bonds. The van der Waals surface area contributed by atoms with Crippen LogP contribution >= 0.6 is 0 Å². The molecular weight excluding hydrogens is 200 g/mol. The van der Waals surface area contributed by atoms with Crippen LogP contribution in [0.15, 0.2) is 16.7 Å². The van der Waals surface area contributed by atoms with Crippen molar-refractivity contribution >= 4 is 0 Å². The molecular formula is C13H18N2O. The molecule has 3 heteroatoms. The normalized spacial score (nSPS) is 15.3. The second-order valence-corrected chi connectivity index (χ2v) is 4.40. The van der Waals surface area contributed by atoms with Crippen LogP contribution in [0.25, 0.3) is 0 Å². The monoisotopic (exact) mass is 218 g/mol. The molecule has 3 nitrogen and oxygen atoms in total. The molecule has 1 N–H and O–H groups in total. The highest BCUT2D eigenvalue weighted by atomic mass is 16.3. The Hall–Kier alpha value is -1.24. The number of nitrogens with one attached hydrogen (secondary N) is 1. The summed E-state index contributed by atoms with van der Waals surface area (Å²) in [4.78, 5) is 2.10. The van der Waals surface area contributed by atoms with Gasteiger partial charge in [0.05, 0.1) is 19.4 Å². The molecule has 1 saturated carbocycles. The summed E-state index contributed by atoms with van der Waals surface area (Å²) in [5.74, 6) is 3.68. The topological polar surface area (TPSA) is 28.4 Å². The molecule has 1 aliphatic carbocycles. The SMILES string of the molecule is C#CCN(C)Cc1ccoc1CNC1CC1. The van der Waals surface area contributed by atoms with E-state index in [1.807, 2.05) is 13.1 Å². The minimum atomic E-state index is 0.667. The minimum absolute atomic E-state index is 0.667. The largest absolute Gasteiger partial charge is 0.468 e. The summed E-state index contributed by atoms with van der Waals surface area (Å²) in [5, 5.41) is 3.45. The van der Waals surface area contributed by atoms with Gasteiger partial charge in [-0.15, -0.1) is 6.42 Å². The smallest absolute Gasteiger partial charge is 0.122 e. The van der Waals surface area contributed by atoms with Crippen LogP contribution in [0.4, 0.5) is 0 Å². The van der Waals surface area contributed by atoms with Crippen molar-refractivity contribution in [3.8, 4) is 12.3 Å². The van der Waals surface area contributed by atoms with Crippen molar-refractivity contribution in [3.05, 3.63) is 23.7 Å². The molecule has 1 fully saturated rings. The van der Waals surface area contributed by atoms with Gasteiger partial charge in [0.25, 0.3) is 0 Å². The Morgan fingerprint density at radius 3 is 3.12 bits per heavy atom. The maximum Gasteiger partial charge on any atom is 0.122 e. The van der Waals surface area contributed by atoms with Crippen molar-refractivity contribution in [1.29, 1.82) is 0 Å². The lowest BCUT2D eigenvalue weighted by Gasteiger charge is -2.13. The highest BCUT2D eigenvalue weighted by Crippen LogP contribution is 2.20. The standard InChI is InChI=1S/C13H18N2O/c1-3-7-15(2)10-11-6-8-16-13(11)9-14-12-4-5-12/h1,6,8,12,14H,4-5,7,9-10H2,2H3. The van der Waals surface area contributed by atoms with Crippen molar-refractivity contribution in [2.75, 3.05) is 13.6 Å². The minimum Gasteiger partial charge on any atom is -0.468 e. The highest BCUT2D eigenvalue weighted by molar-refractivity contribution is 5.17. The first-order chi connectivity index (χ1) is 7.79. The van der Waals surface area contributed by atoms with Gasteiger partial charge < -0.3 is 9.73 Å². The van der Waals surface area contributed by atoms with Gasteiger partial charge in [-0.05, 0) is 26.0 Å². The summed E-state index contributed by atoms with van der Waals surface area (Å²) in [5.41, 5.74) is 1.23. The first-order valence-corrected chi connectivity index (χ1v) is 5.70. The van der Waals surface area contributed by atoms with E-state index in [9.17, 15) is 0 Å². The quantitative estimate of drug-likeness (QED) is 0.735. The lowest BCUT2D eigenvalue weighted by Crippen LogP contribution is -2.20. The van der Waals surface area contributed by atoms with Crippen molar-refractivity contribution in [1.82, 2.24) is 10.2 Å². The maximum absolute atomic E-state index is 5.48. The number of rotatable bonds is 6. The summed E-state index contributed by atoms with van der Waals surface area (Å²) in [6, 6.07) is 2.73. The van der Waals surface area contributed by atoms with Crippen LogP contribution in [-0.4, -0.2) is 24.5 Å². The Balaban J connectivity index is 1.87. The summed E-state index contributed by atoms with van der Waals surface area (Å²) in [7, 11) is 2.02. The van der Waals surface area contributed by atoms with E-state index in [4.69, 9.17) is 10.8 Å².